The number of piperidine rings is 1. The van der Waals surface area contributed by atoms with Gasteiger partial charge in [-0.05, 0) is 39.7 Å². The first-order chi connectivity index (χ1) is 11.9. The number of ether oxygens (including phenoxy) is 1. The summed E-state index contributed by atoms with van der Waals surface area (Å²) in [6, 6.07) is 3.88. The van der Waals surface area contributed by atoms with E-state index >= 15 is 0 Å². The first kappa shape index (κ1) is 17.3. The molecule has 7 nitrogen and oxygen atoms in total. The van der Waals surface area contributed by atoms with Crippen LogP contribution in [0.1, 0.15) is 33.6 Å². The Hall–Kier alpha value is -2.57. The van der Waals surface area contributed by atoms with Crippen molar-refractivity contribution in [2.75, 3.05) is 18.4 Å². The smallest absolute Gasteiger partial charge is 0.410 e. The summed E-state index contributed by atoms with van der Waals surface area (Å²) < 4.78 is 10.6. The summed E-state index contributed by atoms with van der Waals surface area (Å²) in [4.78, 5) is 22.6. The molecule has 1 amide bonds. The number of anilines is 1. The molecule has 0 spiro atoms. The quantitative estimate of drug-likeness (QED) is 0.917. The molecule has 25 heavy (non-hydrogen) atoms. The van der Waals surface area contributed by atoms with Crippen LogP contribution >= 0.6 is 0 Å². The third kappa shape index (κ3) is 4.71. The number of furan rings is 1. The number of likely N-dealkylation sites (tertiary alicyclic amines) is 1. The molecule has 2 aromatic heterocycles. The maximum atomic E-state index is 12.3. The Kier molecular flexibility index (Phi) is 4.92. The van der Waals surface area contributed by atoms with E-state index in [1.54, 1.807) is 17.4 Å². The van der Waals surface area contributed by atoms with Crippen LogP contribution in [0.2, 0.25) is 0 Å². The van der Waals surface area contributed by atoms with Crippen LogP contribution in [-0.2, 0) is 4.74 Å². The van der Waals surface area contributed by atoms with Crippen molar-refractivity contribution >= 4 is 11.9 Å². The number of carbonyl (C=O) groups is 1. The number of nitrogens with one attached hydrogen (secondary N) is 1. The molecular weight excluding hydrogens is 320 g/mol. The van der Waals surface area contributed by atoms with Gasteiger partial charge in [0, 0.05) is 30.8 Å². The predicted molar refractivity (Wildman–Crippen MR) is 94.2 cm³/mol. The molecule has 1 saturated heterocycles. The normalized spacial score (nSPS) is 18.0. The lowest BCUT2D eigenvalue weighted by Crippen LogP contribution is -2.47. The van der Waals surface area contributed by atoms with Gasteiger partial charge in [-0.3, -0.25) is 0 Å². The molecule has 3 heterocycles. The fourth-order valence-corrected chi connectivity index (χ4v) is 2.80. The highest BCUT2D eigenvalue weighted by molar-refractivity contribution is 5.68. The standard InChI is InChI=1S/C18H24N4O3/c1-18(2,3)25-17(23)22-7-4-5-14(10-22)21-16-9-15(19-12-20-16)13-6-8-24-11-13/h6,8-9,11-12,14H,4-5,7,10H2,1-3H3,(H,19,20,21). The summed E-state index contributed by atoms with van der Waals surface area (Å²) in [5, 5.41) is 3.40. The summed E-state index contributed by atoms with van der Waals surface area (Å²) in [6.07, 6.45) is 6.43. The Morgan fingerprint density at radius 1 is 1.40 bits per heavy atom. The van der Waals surface area contributed by atoms with E-state index in [1.807, 2.05) is 32.9 Å². The summed E-state index contributed by atoms with van der Waals surface area (Å²) in [7, 11) is 0. The van der Waals surface area contributed by atoms with Crippen molar-refractivity contribution < 1.29 is 13.9 Å². The fraction of sp³-hybridized carbons (Fsp3) is 0.500. The van der Waals surface area contributed by atoms with E-state index in [4.69, 9.17) is 9.15 Å². The van der Waals surface area contributed by atoms with Crippen molar-refractivity contribution in [2.24, 2.45) is 0 Å². The maximum absolute atomic E-state index is 12.3. The van der Waals surface area contributed by atoms with Crippen molar-refractivity contribution in [1.29, 1.82) is 0 Å². The number of amides is 1. The molecule has 1 atom stereocenters. The molecule has 134 valence electrons. The van der Waals surface area contributed by atoms with Gasteiger partial charge >= 0.3 is 6.09 Å². The Labute approximate surface area is 147 Å². The number of hydrogen-bond donors (Lipinski definition) is 1. The van der Waals surface area contributed by atoms with Gasteiger partial charge in [-0.1, -0.05) is 0 Å². The van der Waals surface area contributed by atoms with E-state index in [-0.39, 0.29) is 12.1 Å². The van der Waals surface area contributed by atoms with Crippen molar-refractivity contribution in [3.8, 4) is 11.3 Å². The van der Waals surface area contributed by atoms with E-state index in [0.717, 1.165) is 36.5 Å². The van der Waals surface area contributed by atoms with Gasteiger partial charge in [-0.15, -0.1) is 0 Å². The molecule has 7 heteroatoms. The zero-order valence-electron chi connectivity index (χ0n) is 14.9. The van der Waals surface area contributed by atoms with Gasteiger partial charge in [-0.25, -0.2) is 14.8 Å². The molecule has 2 aromatic rings. The molecule has 1 N–H and O–H groups in total. The van der Waals surface area contributed by atoms with Crippen LogP contribution in [0.5, 0.6) is 0 Å². The average Bonchev–Trinajstić information content (AvgIpc) is 3.08. The highest BCUT2D eigenvalue weighted by Crippen LogP contribution is 2.21. The maximum Gasteiger partial charge on any atom is 0.410 e. The summed E-state index contributed by atoms with van der Waals surface area (Å²) >= 11 is 0. The molecule has 0 aromatic carbocycles. The minimum atomic E-state index is -0.483. The Bertz CT molecular complexity index is 709. The second-order valence-electron chi connectivity index (χ2n) is 7.21. The summed E-state index contributed by atoms with van der Waals surface area (Å²) in [5.74, 6) is 0.738. The van der Waals surface area contributed by atoms with Crippen molar-refractivity contribution in [3.05, 3.63) is 31.0 Å². The molecule has 1 fully saturated rings. The van der Waals surface area contributed by atoms with E-state index in [0.29, 0.717) is 6.54 Å². The minimum absolute atomic E-state index is 0.133. The van der Waals surface area contributed by atoms with Crippen LogP contribution in [0.25, 0.3) is 11.3 Å². The highest BCUT2D eigenvalue weighted by Gasteiger charge is 2.27. The zero-order valence-corrected chi connectivity index (χ0v) is 14.9. The van der Waals surface area contributed by atoms with Gasteiger partial charge in [0.05, 0.1) is 18.2 Å². The van der Waals surface area contributed by atoms with Crippen molar-refractivity contribution in [3.63, 3.8) is 0 Å². The van der Waals surface area contributed by atoms with Crippen molar-refractivity contribution in [1.82, 2.24) is 14.9 Å². The number of aromatic nitrogens is 2. The van der Waals surface area contributed by atoms with E-state index in [1.165, 1.54) is 6.33 Å². The van der Waals surface area contributed by atoms with Gasteiger partial charge in [0.2, 0.25) is 0 Å². The largest absolute Gasteiger partial charge is 0.472 e. The molecule has 1 aliphatic rings. The van der Waals surface area contributed by atoms with Crippen LogP contribution in [0, 0.1) is 0 Å². The first-order valence-electron chi connectivity index (χ1n) is 8.50. The number of nitrogens with zero attached hydrogens (tertiary/aromatic N) is 3. The van der Waals surface area contributed by atoms with Gasteiger partial charge in [0.1, 0.15) is 17.7 Å². The van der Waals surface area contributed by atoms with Crippen molar-refractivity contribution in [2.45, 2.75) is 45.3 Å². The Morgan fingerprint density at radius 2 is 2.24 bits per heavy atom. The molecule has 0 radical (unpaired) electrons. The number of hydrogen-bond acceptors (Lipinski definition) is 6. The van der Waals surface area contributed by atoms with Gasteiger partial charge < -0.3 is 19.4 Å². The SMILES string of the molecule is CC(C)(C)OC(=O)N1CCCC(Nc2cc(-c3ccoc3)ncn2)C1. The second-order valence-corrected chi connectivity index (χ2v) is 7.21. The predicted octanol–water partition coefficient (Wildman–Crippen LogP) is 3.55. The Balaban J connectivity index is 1.63. The molecule has 0 aliphatic carbocycles. The number of rotatable bonds is 3. The number of carbonyl (C=O) groups excluding carboxylic acids is 1. The zero-order chi connectivity index (χ0) is 17.9. The molecule has 0 saturated carbocycles. The fourth-order valence-electron chi connectivity index (χ4n) is 2.80. The van der Waals surface area contributed by atoms with Gasteiger partial charge in [0.15, 0.2) is 0 Å². The Morgan fingerprint density at radius 3 is 2.96 bits per heavy atom. The lowest BCUT2D eigenvalue weighted by molar-refractivity contribution is 0.0206. The average molecular weight is 344 g/mol. The highest BCUT2D eigenvalue weighted by atomic mass is 16.6. The third-order valence-electron chi connectivity index (χ3n) is 3.91. The van der Waals surface area contributed by atoms with Crippen LogP contribution < -0.4 is 5.32 Å². The second kappa shape index (κ2) is 7.13. The van der Waals surface area contributed by atoms with E-state index < -0.39 is 5.60 Å². The van der Waals surface area contributed by atoms with Crippen LogP contribution in [0.4, 0.5) is 10.6 Å². The molecule has 0 bridgehead atoms. The lowest BCUT2D eigenvalue weighted by atomic mass is 10.1. The third-order valence-corrected chi connectivity index (χ3v) is 3.91. The topological polar surface area (TPSA) is 80.5 Å². The molecule has 1 unspecified atom stereocenters. The van der Waals surface area contributed by atoms with Gasteiger partial charge in [0.25, 0.3) is 0 Å². The van der Waals surface area contributed by atoms with Crippen LogP contribution in [0.3, 0.4) is 0 Å². The lowest BCUT2D eigenvalue weighted by Gasteiger charge is -2.34. The summed E-state index contributed by atoms with van der Waals surface area (Å²) in [6.45, 7) is 6.95. The van der Waals surface area contributed by atoms with Gasteiger partial charge in [-0.2, -0.15) is 0 Å². The van der Waals surface area contributed by atoms with E-state index in [2.05, 4.69) is 15.3 Å². The molecule has 3 rings (SSSR count). The monoisotopic (exact) mass is 344 g/mol. The van der Waals surface area contributed by atoms with Crippen LogP contribution in [-0.4, -0.2) is 45.7 Å². The van der Waals surface area contributed by atoms with Crippen LogP contribution in [0.15, 0.2) is 35.4 Å². The molecular formula is C18H24N4O3. The first-order valence-corrected chi connectivity index (χ1v) is 8.50. The summed E-state index contributed by atoms with van der Waals surface area (Å²) in [5.41, 5.74) is 1.22. The minimum Gasteiger partial charge on any atom is -0.472 e. The van der Waals surface area contributed by atoms with E-state index in [9.17, 15) is 4.79 Å². The molecule has 1 aliphatic heterocycles.